The maximum Gasteiger partial charge on any atom is 0.233 e. The van der Waals surface area contributed by atoms with Gasteiger partial charge in [0.1, 0.15) is 5.75 Å². The largest absolute Gasteiger partial charge is 0.497 e. The fourth-order valence-electron chi connectivity index (χ4n) is 5.44. The van der Waals surface area contributed by atoms with Gasteiger partial charge in [-0.15, -0.1) is 0 Å². The maximum atomic E-state index is 13.8. The zero-order chi connectivity index (χ0) is 27.1. The number of para-hydroxylation sites is 1. The molecule has 0 bridgehead atoms. The third-order valence-corrected chi connectivity index (χ3v) is 10.4. The smallest absolute Gasteiger partial charge is 0.233 e. The molecular weight excluding hydrogens is 534 g/mol. The van der Waals surface area contributed by atoms with Gasteiger partial charge in [-0.2, -0.15) is 0 Å². The van der Waals surface area contributed by atoms with Crippen molar-refractivity contribution in [3.8, 4) is 5.75 Å². The number of amides is 1. The molecule has 0 radical (unpaired) electrons. The van der Waals surface area contributed by atoms with Crippen LogP contribution in [0.4, 0.5) is 16.5 Å². The third kappa shape index (κ3) is 4.77. The Kier molecular flexibility index (Phi) is 6.78. The van der Waals surface area contributed by atoms with E-state index in [1.807, 2.05) is 42.3 Å². The van der Waals surface area contributed by atoms with Gasteiger partial charge in [0.05, 0.1) is 44.4 Å². The molecule has 202 valence electrons. The van der Waals surface area contributed by atoms with Gasteiger partial charge in [0.2, 0.25) is 15.7 Å². The summed E-state index contributed by atoms with van der Waals surface area (Å²) in [7, 11) is -0.202. The van der Waals surface area contributed by atoms with Crippen molar-refractivity contribution >= 4 is 53.8 Å². The molecule has 2 aliphatic rings. The van der Waals surface area contributed by atoms with Gasteiger partial charge < -0.3 is 19.7 Å². The number of hydrogen-bond acceptors (Lipinski definition) is 8. The first-order valence-electron chi connectivity index (χ1n) is 12.9. The van der Waals surface area contributed by atoms with E-state index in [2.05, 4.69) is 10.3 Å². The summed E-state index contributed by atoms with van der Waals surface area (Å²) in [5, 5.41) is 3.56. The molecule has 2 aliphatic heterocycles. The molecule has 6 rings (SSSR count). The molecule has 3 aromatic carbocycles. The molecule has 1 fully saturated rings. The summed E-state index contributed by atoms with van der Waals surface area (Å²) in [5.41, 5.74) is 2.73. The monoisotopic (exact) mass is 563 g/mol. The van der Waals surface area contributed by atoms with Crippen molar-refractivity contribution < 1.29 is 22.7 Å². The van der Waals surface area contributed by atoms with Crippen LogP contribution in [0.2, 0.25) is 0 Å². The lowest BCUT2D eigenvalue weighted by Crippen LogP contribution is -2.27. The number of sulfone groups is 1. The van der Waals surface area contributed by atoms with E-state index in [4.69, 9.17) is 9.47 Å². The Bertz CT molecular complexity index is 1660. The van der Waals surface area contributed by atoms with Gasteiger partial charge in [0.15, 0.2) is 5.13 Å². The SMILES string of the molecule is COc1ccc2sc(NC(=O)C(CC3CCOCC3)c3ccc4c(c3)N(C)c3ccccc3S4(=O)=O)nc2c1. The second kappa shape index (κ2) is 10.3. The molecule has 1 N–H and O–H groups in total. The highest BCUT2D eigenvalue weighted by atomic mass is 32.2. The minimum Gasteiger partial charge on any atom is -0.497 e. The van der Waals surface area contributed by atoms with Crippen LogP contribution in [0.5, 0.6) is 5.75 Å². The van der Waals surface area contributed by atoms with Crippen LogP contribution in [0.3, 0.4) is 0 Å². The highest BCUT2D eigenvalue weighted by molar-refractivity contribution is 7.92. The van der Waals surface area contributed by atoms with E-state index in [0.717, 1.165) is 28.6 Å². The van der Waals surface area contributed by atoms with E-state index in [-0.39, 0.29) is 15.7 Å². The summed E-state index contributed by atoms with van der Waals surface area (Å²) in [4.78, 5) is 20.9. The predicted octanol–water partition coefficient (Wildman–Crippen LogP) is 5.76. The summed E-state index contributed by atoms with van der Waals surface area (Å²) >= 11 is 1.41. The maximum absolute atomic E-state index is 13.8. The molecule has 0 aliphatic carbocycles. The highest BCUT2D eigenvalue weighted by Gasteiger charge is 2.34. The zero-order valence-electron chi connectivity index (χ0n) is 21.7. The average molecular weight is 564 g/mol. The average Bonchev–Trinajstić information content (AvgIpc) is 3.36. The van der Waals surface area contributed by atoms with E-state index < -0.39 is 15.8 Å². The van der Waals surface area contributed by atoms with Crippen molar-refractivity contribution in [2.75, 3.05) is 37.6 Å². The molecule has 4 aromatic rings. The molecule has 1 atom stereocenters. The Hall–Kier alpha value is -3.47. The summed E-state index contributed by atoms with van der Waals surface area (Å²) in [6.45, 7) is 1.36. The van der Waals surface area contributed by atoms with E-state index in [1.54, 1.807) is 37.4 Å². The van der Waals surface area contributed by atoms with Crippen molar-refractivity contribution in [3.63, 3.8) is 0 Å². The van der Waals surface area contributed by atoms with E-state index >= 15 is 0 Å². The van der Waals surface area contributed by atoms with Crippen LogP contribution in [0, 0.1) is 5.92 Å². The summed E-state index contributed by atoms with van der Waals surface area (Å²) in [5.74, 6) is 0.396. The number of rotatable bonds is 6. The molecule has 0 spiro atoms. The summed E-state index contributed by atoms with van der Waals surface area (Å²) in [6.07, 6.45) is 2.41. The van der Waals surface area contributed by atoms with Crippen LogP contribution < -0.4 is 15.0 Å². The number of anilines is 3. The first-order chi connectivity index (χ1) is 18.8. The Labute approximate surface area is 231 Å². The number of hydrogen-bond donors (Lipinski definition) is 1. The zero-order valence-corrected chi connectivity index (χ0v) is 23.3. The number of thiazole rings is 1. The molecule has 1 saturated heterocycles. The van der Waals surface area contributed by atoms with Crippen LogP contribution in [0.25, 0.3) is 10.2 Å². The van der Waals surface area contributed by atoms with E-state index in [0.29, 0.717) is 47.8 Å². The molecule has 1 amide bonds. The van der Waals surface area contributed by atoms with E-state index in [1.165, 1.54) is 11.3 Å². The van der Waals surface area contributed by atoms with Gasteiger partial charge in [-0.3, -0.25) is 4.79 Å². The normalized spacial score (nSPS) is 17.3. The van der Waals surface area contributed by atoms with Gasteiger partial charge in [0, 0.05) is 26.3 Å². The number of benzene rings is 3. The number of carbonyl (C=O) groups excluding carboxylic acids is 1. The summed E-state index contributed by atoms with van der Waals surface area (Å²) < 4.78 is 38.6. The molecule has 10 heteroatoms. The van der Waals surface area contributed by atoms with Crippen LogP contribution in [0.15, 0.2) is 70.5 Å². The number of fused-ring (bicyclic) bond motifs is 3. The van der Waals surface area contributed by atoms with Crippen molar-refractivity contribution in [1.82, 2.24) is 4.98 Å². The topological polar surface area (TPSA) is 97.8 Å². The van der Waals surface area contributed by atoms with E-state index in [9.17, 15) is 13.2 Å². The lowest BCUT2D eigenvalue weighted by Gasteiger charge is -2.31. The van der Waals surface area contributed by atoms with Gasteiger partial charge >= 0.3 is 0 Å². The number of ether oxygens (including phenoxy) is 2. The number of nitrogens with one attached hydrogen (secondary N) is 1. The first kappa shape index (κ1) is 25.8. The summed E-state index contributed by atoms with van der Waals surface area (Å²) in [6, 6.07) is 17.9. The Morgan fingerprint density at radius 2 is 1.87 bits per heavy atom. The number of aromatic nitrogens is 1. The van der Waals surface area contributed by atoms with Crippen molar-refractivity contribution in [2.45, 2.75) is 35.0 Å². The minimum absolute atomic E-state index is 0.158. The first-order valence-corrected chi connectivity index (χ1v) is 15.2. The molecule has 3 heterocycles. The quantitative estimate of drug-likeness (QED) is 0.319. The lowest BCUT2D eigenvalue weighted by molar-refractivity contribution is -0.118. The second-order valence-electron chi connectivity index (χ2n) is 9.94. The van der Waals surface area contributed by atoms with Crippen LogP contribution in [-0.4, -0.2) is 46.7 Å². The molecular formula is C29H29N3O5S2. The van der Waals surface area contributed by atoms with Crippen LogP contribution >= 0.6 is 11.3 Å². The van der Waals surface area contributed by atoms with Crippen molar-refractivity contribution in [3.05, 3.63) is 66.2 Å². The molecule has 39 heavy (non-hydrogen) atoms. The van der Waals surface area contributed by atoms with Crippen molar-refractivity contribution in [1.29, 1.82) is 0 Å². The molecule has 8 nitrogen and oxygen atoms in total. The lowest BCUT2D eigenvalue weighted by atomic mass is 9.84. The Morgan fingerprint density at radius 1 is 1.10 bits per heavy atom. The number of nitrogens with zero attached hydrogens (tertiary/aromatic N) is 2. The minimum atomic E-state index is -3.67. The predicted molar refractivity (Wildman–Crippen MR) is 152 cm³/mol. The van der Waals surface area contributed by atoms with Crippen LogP contribution in [-0.2, 0) is 19.4 Å². The number of carbonyl (C=O) groups is 1. The fourth-order valence-corrected chi connectivity index (χ4v) is 7.98. The third-order valence-electron chi connectivity index (χ3n) is 7.60. The number of methoxy groups -OCH3 is 1. The van der Waals surface area contributed by atoms with Gasteiger partial charge in [0.25, 0.3) is 0 Å². The standard InChI is InChI=1S/C29H29N3O5S2/c1-32-23-5-3-4-6-26(23)39(34,35)27-10-7-19(16-24(27)32)21(15-18-11-13-37-14-12-18)28(33)31-29-30-22-17-20(36-2)8-9-25(22)38-29/h3-10,16-18,21H,11-15H2,1-2H3,(H,30,31,33). The van der Waals surface area contributed by atoms with Gasteiger partial charge in [-0.1, -0.05) is 29.5 Å². The van der Waals surface area contributed by atoms with Gasteiger partial charge in [-0.25, -0.2) is 13.4 Å². The Balaban J connectivity index is 1.36. The van der Waals surface area contributed by atoms with Crippen LogP contribution in [0.1, 0.15) is 30.7 Å². The fraction of sp³-hybridized carbons (Fsp3) is 0.310. The van der Waals surface area contributed by atoms with Crippen molar-refractivity contribution in [2.24, 2.45) is 5.92 Å². The molecule has 1 unspecified atom stereocenters. The molecule has 1 aromatic heterocycles. The molecule has 0 saturated carbocycles. The highest BCUT2D eigenvalue weighted by Crippen LogP contribution is 2.45. The Morgan fingerprint density at radius 3 is 2.67 bits per heavy atom. The van der Waals surface area contributed by atoms with Gasteiger partial charge in [-0.05, 0) is 67.1 Å². The second-order valence-corrected chi connectivity index (χ2v) is 12.9.